The second kappa shape index (κ2) is 7.60. The van der Waals surface area contributed by atoms with Crippen LogP contribution in [0.1, 0.15) is 44.9 Å². The van der Waals surface area contributed by atoms with Crippen molar-refractivity contribution in [2.75, 3.05) is 26.2 Å². The van der Waals surface area contributed by atoms with Crippen LogP contribution < -0.4 is 0 Å². The van der Waals surface area contributed by atoms with E-state index in [1.165, 1.54) is 37.0 Å². The van der Waals surface area contributed by atoms with Gasteiger partial charge < -0.3 is 4.90 Å². The molecule has 1 amide bonds. The lowest BCUT2D eigenvalue weighted by Crippen LogP contribution is -2.49. The molecule has 0 aromatic carbocycles. The maximum Gasteiger partial charge on any atom is 0.252 e. The molecule has 1 aromatic heterocycles. The molecular formula is C19H28N2O3S2. The number of thiophene rings is 1. The van der Waals surface area contributed by atoms with Crippen LogP contribution in [-0.4, -0.2) is 49.7 Å². The van der Waals surface area contributed by atoms with E-state index in [-0.39, 0.29) is 11.8 Å². The lowest BCUT2D eigenvalue weighted by molar-refractivity contribution is -0.139. The standard InChI is InChI=1S/C19H28N2O3S2/c22-19(20-10-7-15-4-1-2-5-17(15)14-20)16-8-11-21(12-9-16)26(23,24)18-6-3-13-25-18/h3,6,13,15-17H,1-2,4-5,7-12,14H2/t15-,17-/m1/s1. The molecule has 0 spiro atoms. The minimum atomic E-state index is -3.38. The normalized spacial score (nSPS) is 28.7. The molecule has 2 saturated heterocycles. The van der Waals surface area contributed by atoms with Crippen LogP contribution in [0.4, 0.5) is 0 Å². The Morgan fingerprint density at radius 1 is 1.00 bits per heavy atom. The van der Waals surface area contributed by atoms with Gasteiger partial charge in [-0.3, -0.25) is 4.79 Å². The van der Waals surface area contributed by atoms with Crippen molar-refractivity contribution in [2.24, 2.45) is 17.8 Å². The molecular weight excluding hydrogens is 368 g/mol. The van der Waals surface area contributed by atoms with E-state index in [1.807, 2.05) is 0 Å². The number of likely N-dealkylation sites (tertiary alicyclic amines) is 1. The van der Waals surface area contributed by atoms with Crippen molar-refractivity contribution in [3.05, 3.63) is 17.5 Å². The van der Waals surface area contributed by atoms with Crippen LogP contribution in [0, 0.1) is 17.8 Å². The molecule has 5 nitrogen and oxygen atoms in total. The number of fused-ring (bicyclic) bond motifs is 1. The average Bonchev–Trinajstić information content (AvgIpc) is 3.23. The number of piperidine rings is 2. The number of amides is 1. The monoisotopic (exact) mass is 396 g/mol. The molecule has 0 bridgehead atoms. The Kier molecular flexibility index (Phi) is 5.39. The first kappa shape index (κ1) is 18.4. The van der Waals surface area contributed by atoms with Gasteiger partial charge in [-0.25, -0.2) is 8.42 Å². The zero-order chi connectivity index (χ0) is 18.1. The Bertz CT molecular complexity index is 724. The van der Waals surface area contributed by atoms with Crippen molar-refractivity contribution in [2.45, 2.75) is 49.2 Å². The van der Waals surface area contributed by atoms with Crippen LogP contribution in [0.15, 0.2) is 21.7 Å². The summed E-state index contributed by atoms with van der Waals surface area (Å²) in [6.07, 6.45) is 7.72. The SMILES string of the molecule is O=C(C1CCN(S(=O)(=O)c2cccs2)CC1)N1CC[C@H]2CCCC[C@@H]2C1. The number of sulfonamides is 1. The summed E-state index contributed by atoms with van der Waals surface area (Å²) in [5.74, 6) is 1.78. The van der Waals surface area contributed by atoms with Crippen LogP contribution >= 0.6 is 11.3 Å². The van der Waals surface area contributed by atoms with Gasteiger partial charge in [0.2, 0.25) is 5.91 Å². The Morgan fingerprint density at radius 2 is 1.73 bits per heavy atom. The first-order chi connectivity index (χ1) is 12.6. The van der Waals surface area contributed by atoms with Gasteiger partial charge in [0.1, 0.15) is 4.21 Å². The van der Waals surface area contributed by atoms with E-state index in [9.17, 15) is 13.2 Å². The average molecular weight is 397 g/mol. The molecule has 2 atom stereocenters. The highest BCUT2D eigenvalue weighted by molar-refractivity contribution is 7.91. The zero-order valence-corrected chi connectivity index (χ0v) is 16.8. The summed E-state index contributed by atoms with van der Waals surface area (Å²) < 4.78 is 27.2. The topological polar surface area (TPSA) is 57.7 Å². The summed E-state index contributed by atoms with van der Waals surface area (Å²) in [6, 6.07) is 3.42. The summed E-state index contributed by atoms with van der Waals surface area (Å²) in [5.41, 5.74) is 0. The van der Waals surface area contributed by atoms with Crippen molar-refractivity contribution >= 4 is 27.3 Å². The first-order valence-corrected chi connectivity index (χ1v) is 12.2. The summed E-state index contributed by atoms with van der Waals surface area (Å²) >= 11 is 1.26. The Hall–Kier alpha value is -0.920. The molecule has 144 valence electrons. The molecule has 3 heterocycles. The van der Waals surface area contributed by atoms with Crippen LogP contribution in [0.3, 0.4) is 0 Å². The number of nitrogens with zero attached hydrogens (tertiary/aromatic N) is 2. The highest BCUT2D eigenvalue weighted by atomic mass is 32.2. The van der Waals surface area contributed by atoms with Gasteiger partial charge >= 0.3 is 0 Å². The summed E-state index contributed by atoms with van der Waals surface area (Å²) in [6.45, 7) is 2.73. The summed E-state index contributed by atoms with van der Waals surface area (Å²) in [5, 5.41) is 1.79. The van der Waals surface area contributed by atoms with E-state index >= 15 is 0 Å². The maximum absolute atomic E-state index is 13.0. The number of hydrogen-bond acceptors (Lipinski definition) is 4. The van der Waals surface area contributed by atoms with Gasteiger partial charge in [-0.05, 0) is 49.0 Å². The van der Waals surface area contributed by atoms with Gasteiger partial charge in [-0.1, -0.05) is 25.3 Å². The molecule has 2 aliphatic heterocycles. The molecule has 26 heavy (non-hydrogen) atoms. The van der Waals surface area contributed by atoms with E-state index in [2.05, 4.69) is 4.90 Å². The van der Waals surface area contributed by atoms with Crippen LogP contribution in [0.2, 0.25) is 0 Å². The van der Waals surface area contributed by atoms with E-state index in [0.29, 0.717) is 36.1 Å². The third-order valence-electron chi connectivity index (χ3n) is 6.50. The smallest absolute Gasteiger partial charge is 0.252 e. The second-order valence-electron chi connectivity index (χ2n) is 7.99. The Labute approximate surface area is 160 Å². The molecule has 7 heteroatoms. The Balaban J connectivity index is 1.34. The fourth-order valence-corrected chi connectivity index (χ4v) is 7.55. The minimum absolute atomic E-state index is 0.00933. The van der Waals surface area contributed by atoms with Gasteiger partial charge in [0.15, 0.2) is 0 Å². The molecule has 0 N–H and O–H groups in total. The van der Waals surface area contributed by atoms with Gasteiger partial charge in [-0.15, -0.1) is 11.3 Å². The predicted molar refractivity (Wildman–Crippen MR) is 102 cm³/mol. The van der Waals surface area contributed by atoms with Crippen LogP contribution in [-0.2, 0) is 14.8 Å². The third-order valence-corrected chi connectivity index (χ3v) is 9.77. The molecule has 4 rings (SSSR count). The second-order valence-corrected chi connectivity index (χ2v) is 11.1. The van der Waals surface area contributed by atoms with E-state index < -0.39 is 10.0 Å². The first-order valence-electron chi connectivity index (χ1n) is 9.88. The number of carbonyl (C=O) groups is 1. The maximum atomic E-state index is 13.0. The van der Waals surface area contributed by atoms with Crippen molar-refractivity contribution in [1.29, 1.82) is 0 Å². The van der Waals surface area contributed by atoms with Crippen LogP contribution in [0.25, 0.3) is 0 Å². The molecule has 1 saturated carbocycles. The van der Waals surface area contributed by atoms with E-state index in [4.69, 9.17) is 0 Å². The lowest BCUT2D eigenvalue weighted by atomic mass is 9.75. The molecule has 3 aliphatic rings. The largest absolute Gasteiger partial charge is 0.342 e. The third kappa shape index (κ3) is 3.58. The van der Waals surface area contributed by atoms with Crippen molar-refractivity contribution in [3.63, 3.8) is 0 Å². The van der Waals surface area contributed by atoms with Gasteiger partial charge in [-0.2, -0.15) is 4.31 Å². The number of rotatable bonds is 3. The van der Waals surface area contributed by atoms with Gasteiger partial charge in [0.05, 0.1) is 0 Å². The predicted octanol–water partition coefficient (Wildman–Crippen LogP) is 3.19. The number of carbonyl (C=O) groups excluding carboxylic acids is 1. The van der Waals surface area contributed by atoms with Crippen molar-refractivity contribution in [1.82, 2.24) is 9.21 Å². The number of hydrogen-bond donors (Lipinski definition) is 0. The molecule has 1 aromatic rings. The Morgan fingerprint density at radius 3 is 2.42 bits per heavy atom. The molecule has 0 radical (unpaired) electrons. The fourth-order valence-electron chi connectivity index (χ4n) is 4.94. The fraction of sp³-hybridized carbons (Fsp3) is 0.737. The lowest BCUT2D eigenvalue weighted by Gasteiger charge is -2.43. The minimum Gasteiger partial charge on any atom is -0.342 e. The van der Waals surface area contributed by atoms with Crippen LogP contribution in [0.5, 0.6) is 0 Å². The molecule has 1 aliphatic carbocycles. The highest BCUT2D eigenvalue weighted by Crippen LogP contribution is 2.37. The highest BCUT2D eigenvalue weighted by Gasteiger charge is 2.37. The van der Waals surface area contributed by atoms with E-state index in [0.717, 1.165) is 25.4 Å². The van der Waals surface area contributed by atoms with Crippen molar-refractivity contribution < 1.29 is 13.2 Å². The summed E-state index contributed by atoms with van der Waals surface area (Å²) in [7, 11) is -3.38. The van der Waals surface area contributed by atoms with Gasteiger partial charge in [0, 0.05) is 32.1 Å². The van der Waals surface area contributed by atoms with Crippen molar-refractivity contribution in [3.8, 4) is 0 Å². The summed E-state index contributed by atoms with van der Waals surface area (Å²) in [4.78, 5) is 15.1. The van der Waals surface area contributed by atoms with E-state index in [1.54, 1.807) is 21.8 Å². The zero-order valence-electron chi connectivity index (χ0n) is 15.2. The molecule has 0 unspecified atom stereocenters. The van der Waals surface area contributed by atoms with Gasteiger partial charge in [0.25, 0.3) is 10.0 Å². The quantitative estimate of drug-likeness (QED) is 0.788. The molecule has 3 fully saturated rings.